The molecule has 86 valence electrons. The van der Waals surface area contributed by atoms with Gasteiger partial charge in [-0.1, -0.05) is 27.5 Å². The maximum absolute atomic E-state index is 12.0. The van der Waals surface area contributed by atoms with Crippen molar-refractivity contribution in [3.05, 3.63) is 26.8 Å². The van der Waals surface area contributed by atoms with E-state index in [0.717, 1.165) is 28.6 Å². The van der Waals surface area contributed by atoms with Gasteiger partial charge in [0.1, 0.15) is 0 Å². The number of hydrogen-bond donors (Lipinski definition) is 0. The number of benzene rings is 1. The average Bonchev–Trinajstić information content (AvgIpc) is 2.23. The predicted octanol–water partition coefficient (Wildman–Crippen LogP) is 3.83. The summed E-state index contributed by atoms with van der Waals surface area (Å²) in [6.07, 6.45) is 1.90. The van der Waals surface area contributed by atoms with Gasteiger partial charge in [-0.15, -0.1) is 0 Å². The summed E-state index contributed by atoms with van der Waals surface area (Å²) in [5.74, 6) is 0.106. The van der Waals surface area contributed by atoms with E-state index >= 15 is 0 Å². The van der Waals surface area contributed by atoms with Crippen molar-refractivity contribution in [3.8, 4) is 0 Å². The van der Waals surface area contributed by atoms with Crippen molar-refractivity contribution >= 4 is 61.7 Å². The van der Waals surface area contributed by atoms with Gasteiger partial charge in [0.05, 0.1) is 15.5 Å². The Labute approximate surface area is 122 Å². The van der Waals surface area contributed by atoms with Gasteiger partial charge in [0.25, 0.3) is 0 Å². The van der Waals surface area contributed by atoms with Gasteiger partial charge in [0.15, 0.2) is 0 Å². The van der Waals surface area contributed by atoms with E-state index in [4.69, 9.17) is 11.6 Å². The molecule has 0 radical (unpaired) electrons. The van der Waals surface area contributed by atoms with Crippen molar-refractivity contribution in [1.29, 1.82) is 0 Å². The van der Waals surface area contributed by atoms with Crippen molar-refractivity contribution in [3.63, 3.8) is 0 Å². The second-order valence-electron chi connectivity index (χ2n) is 3.70. The summed E-state index contributed by atoms with van der Waals surface area (Å²) >= 11 is 11.8. The van der Waals surface area contributed by atoms with Crippen LogP contribution in [0.25, 0.3) is 0 Å². The van der Waals surface area contributed by atoms with Gasteiger partial charge in [0, 0.05) is 10.1 Å². The Morgan fingerprint density at radius 1 is 1.50 bits per heavy atom. The second-order valence-corrected chi connectivity index (χ2v) is 6.45. The molecule has 1 saturated heterocycles. The lowest BCUT2D eigenvalue weighted by Crippen LogP contribution is -2.41. The van der Waals surface area contributed by atoms with Gasteiger partial charge < -0.3 is 4.90 Å². The van der Waals surface area contributed by atoms with E-state index in [1.54, 1.807) is 4.90 Å². The molecule has 0 bridgehead atoms. The Balaban J connectivity index is 2.32. The standard InChI is InChI=1S/C11H10BrClINO/c12-8-2-1-5-15(11(8)16)10-4-3-7(14)6-9(10)13/h3-4,6,8H,1-2,5H2. The van der Waals surface area contributed by atoms with Gasteiger partial charge in [-0.3, -0.25) is 4.79 Å². The third kappa shape index (κ3) is 2.54. The number of carbonyl (C=O) groups is 1. The van der Waals surface area contributed by atoms with E-state index in [1.807, 2.05) is 18.2 Å². The molecule has 1 atom stereocenters. The zero-order valence-corrected chi connectivity index (χ0v) is 12.9. The average molecular weight is 414 g/mol. The van der Waals surface area contributed by atoms with E-state index < -0.39 is 0 Å². The van der Waals surface area contributed by atoms with Crippen LogP contribution in [-0.2, 0) is 4.79 Å². The maximum atomic E-state index is 12.0. The lowest BCUT2D eigenvalue weighted by molar-refractivity contribution is -0.118. The van der Waals surface area contributed by atoms with Crippen LogP contribution in [0, 0.1) is 3.57 Å². The van der Waals surface area contributed by atoms with Gasteiger partial charge in [0.2, 0.25) is 5.91 Å². The number of anilines is 1. The fraction of sp³-hybridized carbons (Fsp3) is 0.364. The first-order chi connectivity index (χ1) is 7.59. The van der Waals surface area contributed by atoms with Gasteiger partial charge in [-0.2, -0.15) is 0 Å². The number of piperidine rings is 1. The van der Waals surface area contributed by atoms with Gasteiger partial charge >= 0.3 is 0 Å². The molecule has 0 N–H and O–H groups in total. The third-order valence-corrected chi connectivity index (χ3v) is 4.40. The van der Waals surface area contributed by atoms with E-state index in [-0.39, 0.29) is 10.7 Å². The van der Waals surface area contributed by atoms with E-state index in [2.05, 4.69) is 38.5 Å². The SMILES string of the molecule is O=C1C(Br)CCCN1c1ccc(I)cc1Cl. The molecule has 1 fully saturated rings. The Bertz CT molecular complexity index is 426. The molecule has 0 aromatic heterocycles. The number of nitrogens with zero attached hydrogens (tertiary/aromatic N) is 1. The summed E-state index contributed by atoms with van der Waals surface area (Å²) in [5.41, 5.74) is 0.816. The monoisotopic (exact) mass is 413 g/mol. The van der Waals surface area contributed by atoms with Crippen LogP contribution in [-0.4, -0.2) is 17.3 Å². The minimum atomic E-state index is -0.0726. The molecule has 1 unspecified atom stereocenters. The number of alkyl halides is 1. The lowest BCUT2D eigenvalue weighted by Gasteiger charge is -2.30. The molecule has 0 spiro atoms. The van der Waals surface area contributed by atoms with Crippen LogP contribution in [0.4, 0.5) is 5.69 Å². The van der Waals surface area contributed by atoms with Crippen molar-refractivity contribution in [2.24, 2.45) is 0 Å². The highest BCUT2D eigenvalue weighted by Crippen LogP contribution is 2.31. The zero-order valence-electron chi connectivity index (χ0n) is 8.42. The maximum Gasteiger partial charge on any atom is 0.240 e. The number of hydrogen-bond acceptors (Lipinski definition) is 1. The van der Waals surface area contributed by atoms with E-state index in [9.17, 15) is 4.79 Å². The number of rotatable bonds is 1. The fourth-order valence-electron chi connectivity index (χ4n) is 1.77. The van der Waals surface area contributed by atoms with Crippen molar-refractivity contribution < 1.29 is 4.79 Å². The molecule has 1 heterocycles. The normalized spacial score (nSPS) is 21.3. The molecule has 5 heteroatoms. The summed E-state index contributed by atoms with van der Waals surface area (Å²) in [5, 5.41) is 0.641. The first-order valence-electron chi connectivity index (χ1n) is 5.00. The highest BCUT2D eigenvalue weighted by Gasteiger charge is 2.28. The quantitative estimate of drug-likeness (QED) is 0.505. The zero-order chi connectivity index (χ0) is 11.7. The second kappa shape index (κ2) is 5.23. The van der Waals surface area contributed by atoms with Gasteiger partial charge in [-0.05, 0) is 53.6 Å². The summed E-state index contributed by atoms with van der Waals surface area (Å²) in [7, 11) is 0. The topological polar surface area (TPSA) is 20.3 Å². The highest BCUT2D eigenvalue weighted by molar-refractivity contribution is 14.1. The minimum Gasteiger partial charge on any atom is -0.310 e. The van der Waals surface area contributed by atoms with Crippen LogP contribution >= 0.6 is 50.1 Å². The molecule has 1 aromatic rings. The summed E-state index contributed by atoms with van der Waals surface area (Å²) in [6, 6.07) is 5.75. The molecule has 2 rings (SSSR count). The Kier molecular flexibility index (Phi) is 4.13. The molecule has 0 saturated carbocycles. The van der Waals surface area contributed by atoms with Crippen LogP contribution in [0.2, 0.25) is 5.02 Å². The molecular formula is C11H10BrClINO. The number of amides is 1. The van der Waals surface area contributed by atoms with Gasteiger partial charge in [-0.25, -0.2) is 0 Å². The Hall–Kier alpha value is 0.190. The van der Waals surface area contributed by atoms with Crippen LogP contribution in [0.1, 0.15) is 12.8 Å². The fourth-order valence-corrected chi connectivity index (χ4v) is 3.30. The summed E-state index contributed by atoms with van der Waals surface area (Å²) < 4.78 is 1.08. The predicted molar refractivity (Wildman–Crippen MR) is 78.5 cm³/mol. The Morgan fingerprint density at radius 3 is 2.94 bits per heavy atom. The van der Waals surface area contributed by atoms with Crippen LogP contribution < -0.4 is 4.90 Å². The number of carbonyl (C=O) groups excluding carboxylic acids is 1. The molecule has 16 heavy (non-hydrogen) atoms. The van der Waals surface area contributed by atoms with Crippen LogP contribution in [0.15, 0.2) is 18.2 Å². The molecule has 1 aromatic carbocycles. The molecule has 1 amide bonds. The largest absolute Gasteiger partial charge is 0.310 e. The van der Waals surface area contributed by atoms with Crippen molar-refractivity contribution in [2.75, 3.05) is 11.4 Å². The van der Waals surface area contributed by atoms with Crippen LogP contribution in [0.3, 0.4) is 0 Å². The molecule has 0 aliphatic carbocycles. The summed E-state index contributed by atoms with van der Waals surface area (Å²) in [6.45, 7) is 0.751. The molecule has 1 aliphatic heterocycles. The minimum absolute atomic E-state index is 0.0726. The first-order valence-corrected chi connectivity index (χ1v) is 7.37. The van der Waals surface area contributed by atoms with Crippen molar-refractivity contribution in [2.45, 2.75) is 17.7 Å². The Morgan fingerprint density at radius 2 is 2.25 bits per heavy atom. The van der Waals surface area contributed by atoms with E-state index in [0.29, 0.717) is 5.02 Å². The number of halogens is 3. The third-order valence-electron chi connectivity index (χ3n) is 2.57. The van der Waals surface area contributed by atoms with Crippen molar-refractivity contribution in [1.82, 2.24) is 0 Å². The van der Waals surface area contributed by atoms with Crippen LogP contribution in [0.5, 0.6) is 0 Å². The van der Waals surface area contributed by atoms with E-state index in [1.165, 1.54) is 0 Å². The first kappa shape index (κ1) is 12.6. The highest BCUT2D eigenvalue weighted by atomic mass is 127. The summed E-state index contributed by atoms with van der Waals surface area (Å²) in [4.78, 5) is 13.7. The smallest absolute Gasteiger partial charge is 0.240 e. The molecule has 2 nitrogen and oxygen atoms in total. The lowest BCUT2D eigenvalue weighted by atomic mass is 10.1. The molecular weight excluding hydrogens is 404 g/mol. The molecule has 1 aliphatic rings.